The number of nitrogens with zero attached hydrogens (tertiary/aromatic N) is 1. The number of nitrogens with one attached hydrogen (secondary N) is 2. The first-order valence-corrected chi connectivity index (χ1v) is 8.59. The number of aromatic amines is 1. The second-order valence-corrected chi connectivity index (χ2v) is 6.69. The number of hydrogen-bond donors (Lipinski definition) is 2. The van der Waals surface area contributed by atoms with Crippen LogP contribution in [-0.2, 0) is 6.54 Å². The molecule has 0 saturated carbocycles. The van der Waals surface area contributed by atoms with Crippen LogP contribution in [0.2, 0.25) is 5.02 Å². The van der Waals surface area contributed by atoms with E-state index < -0.39 is 0 Å². The Morgan fingerprint density at radius 1 is 1.12 bits per heavy atom. The largest absolute Gasteiger partial charge is 0.347 e. The number of carbonyl (C=O) groups excluding carboxylic acids is 1. The predicted octanol–water partition coefficient (Wildman–Crippen LogP) is 4.78. The van der Waals surface area contributed by atoms with Crippen LogP contribution in [0.3, 0.4) is 0 Å². The highest BCUT2D eigenvalue weighted by Gasteiger charge is 2.11. The van der Waals surface area contributed by atoms with Crippen LogP contribution in [0.15, 0.2) is 54.6 Å². The Kier molecular flexibility index (Phi) is 5.19. The maximum atomic E-state index is 12.3. The van der Waals surface area contributed by atoms with Gasteiger partial charge in [0, 0.05) is 17.1 Å². The summed E-state index contributed by atoms with van der Waals surface area (Å²) in [5.41, 5.74) is 4.40. The number of rotatable bonds is 5. The zero-order valence-electron chi connectivity index (χ0n) is 14.2. The number of H-pyrrole nitrogens is 1. The van der Waals surface area contributed by atoms with Gasteiger partial charge in [-0.15, -0.1) is 0 Å². The van der Waals surface area contributed by atoms with E-state index in [9.17, 15) is 4.79 Å². The van der Waals surface area contributed by atoms with Crippen molar-refractivity contribution in [2.24, 2.45) is 0 Å². The molecule has 3 rings (SSSR count). The minimum Gasteiger partial charge on any atom is -0.347 e. The predicted molar refractivity (Wildman–Crippen MR) is 101 cm³/mol. The summed E-state index contributed by atoms with van der Waals surface area (Å²) in [6, 6.07) is 17.4. The molecule has 0 atom stereocenters. The zero-order valence-corrected chi connectivity index (χ0v) is 15.0. The van der Waals surface area contributed by atoms with Crippen molar-refractivity contribution in [2.45, 2.75) is 26.3 Å². The normalized spacial score (nSPS) is 10.9. The maximum Gasteiger partial charge on any atom is 0.269 e. The van der Waals surface area contributed by atoms with Crippen LogP contribution >= 0.6 is 11.6 Å². The molecule has 0 aliphatic rings. The fourth-order valence-electron chi connectivity index (χ4n) is 2.50. The lowest BCUT2D eigenvalue weighted by molar-refractivity contribution is 0.0946. The summed E-state index contributed by atoms with van der Waals surface area (Å²) < 4.78 is 0. The van der Waals surface area contributed by atoms with Gasteiger partial charge in [-0.05, 0) is 35.2 Å². The van der Waals surface area contributed by atoms with Gasteiger partial charge in [0.25, 0.3) is 5.91 Å². The first-order chi connectivity index (χ1) is 12.0. The topological polar surface area (TPSA) is 57.8 Å². The molecule has 4 nitrogen and oxygen atoms in total. The maximum absolute atomic E-state index is 12.3. The van der Waals surface area contributed by atoms with Crippen LogP contribution in [0, 0.1) is 0 Å². The molecule has 0 fully saturated rings. The van der Waals surface area contributed by atoms with Crippen molar-refractivity contribution >= 4 is 17.5 Å². The SMILES string of the molecule is CC(C)c1ccc(CNC(=O)c2cc(-c3ccc(Cl)cc3)n[nH]2)cc1. The van der Waals surface area contributed by atoms with Crippen molar-refractivity contribution in [3.63, 3.8) is 0 Å². The van der Waals surface area contributed by atoms with Crippen molar-refractivity contribution in [3.05, 3.63) is 76.4 Å². The molecule has 128 valence electrons. The highest BCUT2D eigenvalue weighted by atomic mass is 35.5. The number of hydrogen-bond acceptors (Lipinski definition) is 2. The van der Waals surface area contributed by atoms with Gasteiger partial charge in [0.2, 0.25) is 0 Å². The summed E-state index contributed by atoms with van der Waals surface area (Å²) in [4.78, 5) is 12.3. The molecule has 2 aromatic carbocycles. The Labute approximate surface area is 152 Å². The van der Waals surface area contributed by atoms with Gasteiger partial charge in [-0.1, -0.05) is 61.8 Å². The quantitative estimate of drug-likeness (QED) is 0.693. The van der Waals surface area contributed by atoms with Crippen LogP contribution in [0.4, 0.5) is 0 Å². The van der Waals surface area contributed by atoms with Gasteiger partial charge < -0.3 is 5.32 Å². The van der Waals surface area contributed by atoms with Crippen LogP contribution in [0.25, 0.3) is 11.3 Å². The number of halogens is 1. The third-order valence-electron chi connectivity index (χ3n) is 4.06. The number of amides is 1. The van der Waals surface area contributed by atoms with E-state index in [2.05, 4.69) is 41.5 Å². The molecule has 1 amide bonds. The fraction of sp³-hybridized carbons (Fsp3) is 0.200. The molecule has 1 heterocycles. The van der Waals surface area contributed by atoms with Crippen molar-refractivity contribution in [2.75, 3.05) is 0 Å². The standard InChI is InChI=1S/C20H20ClN3O/c1-13(2)15-5-3-14(4-6-15)12-22-20(25)19-11-18(23-24-19)16-7-9-17(21)10-8-16/h3-11,13H,12H2,1-2H3,(H,22,25)(H,23,24). The lowest BCUT2D eigenvalue weighted by atomic mass is 10.0. The molecule has 0 bridgehead atoms. The Morgan fingerprint density at radius 2 is 1.80 bits per heavy atom. The van der Waals surface area contributed by atoms with Gasteiger partial charge >= 0.3 is 0 Å². The van der Waals surface area contributed by atoms with Crippen molar-refractivity contribution in [1.29, 1.82) is 0 Å². The zero-order chi connectivity index (χ0) is 17.8. The second kappa shape index (κ2) is 7.53. The fourth-order valence-corrected chi connectivity index (χ4v) is 2.63. The lowest BCUT2D eigenvalue weighted by Crippen LogP contribution is -2.23. The molecule has 0 aliphatic carbocycles. The first-order valence-electron chi connectivity index (χ1n) is 8.21. The second-order valence-electron chi connectivity index (χ2n) is 6.25. The highest BCUT2D eigenvalue weighted by Crippen LogP contribution is 2.20. The minimum absolute atomic E-state index is 0.180. The van der Waals surface area contributed by atoms with E-state index in [1.165, 1.54) is 5.56 Å². The van der Waals surface area contributed by atoms with E-state index >= 15 is 0 Å². The Balaban J connectivity index is 1.63. The van der Waals surface area contributed by atoms with Crippen molar-refractivity contribution in [3.8, 4) is 11.3 Å². The Hall–Kier alpha value is -2.59. The van der Waals surface area contributed by atoms with Gasteiger partial charge in [0.15, 0.2) is 0 Å². The number of benzene rings is 2. The van der Waals surface area contributed by atoms with E-state index in [1.807, 2.05) is 24.3 Å². The van der Waals surface area contributed by atoms with Crippen LogP contribution in [0.1, 0.15) is 41.4 Å². The highest BCUT2D eigenvalue weighted by molar-refractivity contribution is 6.30. The summed E-state index contributed by atoms with van der Waals surface area (Å²) in [5, 5.41) is 10.6. The van der Waals surface area contributed by atoms with E-state index in [0.717, 1.165) is 11.1 Å². The monoisotopic (exact) mass is 353 g/mol. The molecule has 5 heteroatoms. The molecule has 0 spiro atoms. The molecule has 25 heavy (non-hydrogen) atoms. The van der Waals surface area contributed by atoms with Gasteiger partial charge in [0.1, 0.15) is 5.69 Å². The number of carbonyl (C=O) groups is 1. The van der Waals surface area contributed by atoms with Crippen LogP contribution in [-0.4, -0.2) is 16.1 Å². The third-order valence-corrected chi connectivity index (χ3v) is 4.31. The molecule has 1 aromatic heterocycles. The molecular weight excluding hydrogens is 334 g/mol. The van der Waals surface area contributed by atoms with E-state index in [0.29, 0.717) is 28.9 Å². The minimum atomic E-state index is -0.180. The van der Waals surface area contributed by atoms with Crippen LogP contribution in [0.5, 0.6) is 0 Å². The number of aromatic nitrogens is 2. The van der Waals surface area contributed by atoms with Crippen molar-refractivity contribution in [1.82, 2.24) is 15.5 Å². The van der Waals surface area contributed by atoms with E-state index in [4.69, 9.17) is 11.6 Å². The Bertz CT molecular complexity index is 851. The van der Waals surface area contributed by atoms with Gasteiger partial charge in [0.05, 0.1) is 5.69 Å². The summed E-state index contributed by atoms with van der Waals surface area (Å²) in [6.07, 6.45) is 0. The third kappa shape index (κ3) is 4.28. The summed E-state index contributed by atoms with van der Waals surface area (Å²) in [5.74, 6) is 0.320. The smallest absolute Gasteiger partial charge is 0.269 e. The average molecular weight is 354 g/mol. The Morgan fingerprint density at radius 3 is 2.44 bits per heavy atom. The molecule has 0 aliphatic heterocycles. The molecule has 3 aromatic rings. The van der Waals surface area contributed by atoms with Gasteiger partial charge in [-0.2, -0.15) is 5.10 Å². The summed E-state index contributed by atoms with van der Waals surface area (Å²) >= 11 is 5.89. The average Bonchev–Trinajstić information content (AvgIpc) is 3.11. The van der Waals surface area contributed by atoms with E-state index in [1.54, 1.807) is 18.2 Å². The molecule has 0 unspecified atom stereocenters. The molecule has 0 saturated heterocycles. The molecule has 2 N–H and O–H groups in total. The van der Waals surface area contributed by atoms with E-state index in [-0.39, 0.29) is 5.91 Å². The van der Waals surface area contributed by atoms with Gasteiger partial charge in [-0.3, -0.25) is 9.89 Å². The summed E-state index contributed by atoms with van der Waals surface area (Å²) in [7, 11) is 0. The van der Waals surface area contributed by atoms with Gasteiger partial charge in [-0.25, -0.2) is 0 Å². The first kappa shape index (κ1) is 17.2. The van der Waals surface area contributed by atoms with Crippen molar-refractivity contribution < 1.29 is 4.79 Å². The molecule has 0 radical (unpaired) electrons. The molecular formula is C20H20ClN3O. The lowest BCUT2D eigenvalue weighted by Gasteiger charge is -2.07. The van der Waals surface area contributed by atoms with Crippen LogP contribution < -0.4 is 5.32 Å². The summed E-state index contributed by atoms with van der Waals surface area (Å²) in [6.45, 7) is 4.80.